The lowest BCUT2D eigenvalue weighted by molar-refractivity contribution is -0.132. The second-order valence-electron chi connectivity index (χ2n) is 3.95. The molecule has 1 N–H and O–H groups in total. The van der Waals surface area contributed by atoms with Gasteiger partial charge in [0.25, 0.3) is 0 Å². The van der Waals surface area contributed by atoms with Crippen LogP contribution in [-0.4, -0.2) is 18.2 Å². The maximum Gasteiger partial charge on any atom is 0.346 e. The third-order valence-electron chi connectivity index (χ3n) is 2.73. The van der Waals surface area contributed by atoms with Crippen molar-refractivity contribution in [3.05, 3.63) is 47.5 Å². The number of benzene rings is 2. The van der Waals surface area contributed by atoms with Gasteiger partial charge in [-0.2, -0.15) is 5.26 Å². The van der Waals surface area contributed by atoms with Crippen molar-refractivity contribution in [2.45, 2.75) is 0 Å². The number of hydrogen-bond donors (Lipinski definition) is 1. The number of ether oxygens (including phenoxy) is 1. The summed E-state index contributed by atoms with van der Waals surface area (Å²) < 4.78 is 5.13. The Bertz CT molecular complexity index is 711. The second kappa shape index (κ2) is 5.23. The van der Waals surface area contributed by atoms with E-state index in [1.54, 1.807) is 19.2 Å². The van der Waals surface area contributed by atoms with E-state index in [1.165, 1.54) is 6.08 Å². The molecular weight excluding hydrogens is 242 g/mol. The van der Waals surface area contributed by atoms with Crippen LogP contribution < -0.4 is 4.74 Å². The molecule has 0 saturated carbocycles. The van der Waals surface area contributed by atoms with Crippen LogP contribution in [0.2, 0.25) is 0 Å². The van der Waals surface area contributed by atoms with Crippen LogP contribution in [0.1, 0.15) is 5.56 Å². The highest BCUT2D eigenvalue weighted by atomic mass is 16.5. The lowest BCUT2D eigenvalue weighted by Gasteiger charge is -2.03. The summed E-state index contributed by atoms with van der Waals surface area (Å²) in [6, 6.07) is 12.7. The van der Waals surface area contributed by atoms with Gasteiger partial charge in [-0.3, -0.25) is 0 Å². The van der Waals surface area contributed by atoms with Crippen LogP contribution in [0.15, 0.2) is 42.0 Å². The van der Waals surface area contributed by atoms with Crippen molar-refractivity contribution in [3.63, 3.8) is 0 Å². The van der Waals surface area contributed by atoms with Crippen LogP contribution in [0.4, 0.5) is 0 Å². The SMILES string of the molecule is COc1ccc2cc(C=C(C#N)C(=O)O)ccc2c1. The zero-order chi connectivity index (χ0) is 13.8. The molecule has 0 fully saturated rings. The van der Waals surface area contributed by atoms with Crippen LogP contribution in [0, 0.1) is 11.3 Å². The first-order chi connectivity index (χ1) is 9.13. The zero-order valence-electron chi connectivity index (χ0n) is 10.3. The topological polar surface area (TPSA) is 70.3 Å². The Morgan fingerprint density at radius 3 is 2.58 bits per heavy atom. The summed E-state index contributed by atoms with van der Waals surface area (Å²) in [6.07, 6.45) is 1.35. The minimum absolute atomic E-state index is 0.284. The Morgan fingerprint density at radius 1 is 1.26 bits per heavy atom. The number of methoxy groups -OCH3 is 1. The quantitative estimate of drug-likeness (QED) is 0.674. The van der Waals surface area contributed by atoms with Gasteiger partial charge >= 0.3 is 5.97 Å². The number of carboxylic acids is 1. The van der Waals surface area contributed by atoms with Gasteiger partial charge in [-0.25, -0.2) is 4.79 Å². The standard InChI is InChI=1S/C15H11NO3/c1-19-14-5-4-11-6-10(2-3-12(11)8-14)7-13(9-16)15(17)18/h2-8H,1H3,(H,17,18). The van der Waals surface area contributed by atoms with Gasteiger partial charge in [-0.15, -0.1) is 0 Å². The molecule has 0 heterocycles. The summed E-state index contributed by atoms with van der Waals surface area (Å²) in [5, 5.41) is 19.5. The van der Waals surface area contributed by atoms with E-state index in [0.29, 0.717) is 5.56 Å². The maximum atomic E-state index is 10.8. The van der Waals surface area contributed by atoms with E-state index < -0.39 is 5.97 Å². The van der Waals surface area contributed by atoms with E-state index in [2.05, 4.69) is 0 Å². The van der Waals surface area contributed by atoms with Crippen molar-refractivity contribution >= 4 is 22.8 Å². The molecule has 94 valence electrons. The molecule has 0 saturated heterocycles. The molecule has 0 atom stereocenters. The lowest BCUT2D eigenvalue weighted by Crippen LogP contribution is -1.97. The number of nitrogens with zero attached hydrogens (tertiary/aromatic N) is 1. The highest BCUT2D eigenvalue weighted by Gasteiger charge is 2.06. The predicted molar refractivity (Wildman–Crippen MR) is 71.7 cm³/mol. The smallest absolute Gasteiger partial charge is 0.346 e. The minimum atomic E-state index is -1.22. The summed E-state index contributed by atoms with van der Waals surface area (Å²) in [7, 11) is 1.60. The molecule has 0 radical (unpaired) electrons. The van der Waals surface area contributed by atoms with Crippen molar-refractivity contribution in [2.24, 2.45) is 0 Å². The highest BCUT2D eigenvalue weighted by molar-refractivity contribution is 5.97. The Hall–Kier alpha value is -2.80. The molecule has 0 aromatic heterocycles. The third-order valence-corrected chi connectivity index (χ3v) is 2.73. The van der Waals surface area contributed by atoms with Crippen LogP contribution >= 0.6 is 0 Å². The normalized spacial score (nSPS) is 11.1. The average Bonchev–Trinajstić information content (AvgIpc) is 2.43. The van der Waals surface area contributed by atoms with E-state index in [1.807, 2.05) is 30.3 Å². The van der Waals surface area contributed by atoms with Gasteiger partial charge in [-0.05, 0) is 40.6 Å². The molecule has 4 nitrogen and oxygen atoms in total. The molecule has 0 amide bonds. The van der Waals surface area contributed by atoms with Gasteiger partial charge in [0.2, 0.25) is 0 Å². The average molecular weight is 253 g/mol. The van der Waals surface area contributed by atoms with E-state index >= 15 is 0 Å². The molecule has 2 aromatic carbocycles. The fourth-order valence-corrected chi connectivity index (χ4v) is 1.77. The number of rotatable bonds is 3. The van der Waals surface area contributed by atoms with E-state index in [0.717, 1.165) is 16.5 Å². The first-order valence-electron chi connectivity index (χ1n) is 5.57. The zero-order valence-corrected chi connectivity index (χ0v) is 10.3. The number of hydrogen-bond acceptors (Lipinski definition) is 3. The Balaban J connectivity index is 2.48. The van der Waals surface area contributed by atoms with Crippen molar-refractivity contribution in [1.29, 1.82) is 5.26 Å². The molecule has 2 rings (SSSR count). The Morgan fingerprint density at radius 2 is 1.95 bits per heavy atom. The monoisotopic (exact) mass is 253 g/mol. The molecule has 19 heavy (non-hydrogen) atoms. The Labute approximate surface area is 110 Å². The summed E-state index contributed by atoms with van der Waals surface area (Å²) in [4.78, 5) is 10.8. The first kappa shape index (κ1) is 12.7. The summed E-state index contributed by atoms with van der Waals surface area (Å²) in [5.41, 5.74) is 0.393. The fourth-order valence-electron chi connectivity index (χ4n) is 1.77. The molecule has 4 heteroatoms. The molecule has 0 spiro atoms. The predicted octanol–water partition coefficient (Wildman–Crippen LogP) is 2.84. The minimum Gasteiger partial charge on any atom is -0.497 e. The van der Waals surface area contributed by atoms with Gasteiger partial charge in [-0.1, -0.05) is 18.2 Å². The summed E-state index contributed by atoms with van der Waals surface area (Å²) in [6.45, 7) is 0. The van der Waals surface area contributed by atoms with Crippen molar-refractivity contribution in [1.82, 2.24) is 0 Å². The van der Waals surface area contributed by atoms with Crippen LogP contribution in [0.3, 0.4) is 0 Å². The van der Waals surface area contributed by atoms with Crippen molar-refractivity contribution < 1.29 is 14.6 Å². The number of nitriles is 1. The van der Waals surface area contributed by atoms with Gasteiger partial charge < -0.3 is 9.84 Å². The van der Waals surface area contributed by atoms with Crippen LogP contribution in [0.25, 0.3) is 16.8 Å². The fraction of sp³-hybridized carbons (Fsp3) is 0.0667. The van der Waals surface area contributed by atoms with E-state index in [4.69, 9.17) is 15.1 Å². The number of aliphatic carboxylic acids is 1. The molecule has 0 aliphatic heterocycles. The Kier molecular flexibility index (Phi) is 3.48. The highest BCUT2D eigenvalue weighted by Crippen LogP contribution is 2.22. The van der Waals surface area contributed by atoms with Gasteiger partial charge in [0.05, 0.1) is 7.11 Å². The van der Waals surface area contributed by atoms with E-state index in [9.17, 15) is 4.79 Å². The molecule has 0 unspecified atom stereocenters. The van der Waals surface area contributed by atoms with Crippen LogP contribution in [-0.2, 0) is 4.79 Å². The molecule has 2 aromatic rings. The largest absolute Gasteiger partial charge is 0.497 e. The van der Waals surface area contributed by atoms with E-state index in [-0.39, 0.29) is 5.57 Å². The number of carbonyl (C=O) groups is 1. The summed E-state index contributed by atoms with van der Waals surface area (Å²) >= 11 is 0. The molecule has 0 aliphatic carbocycles. The molecular formula is C15H11NO3. The van der Waals surface area contributed by atoms with Crippen molar-refractivity contribution in [2.75, 3.05) is 7.11 Å². The molecule has 0 bridgehead atoms. The van der Waals surface area contributed by atoms with Crippen LogP contribution in [0.5, 0.6) is 5.75 Å². The number of fused-ring (bicyclic) bond motifs is 1. The maximum absolute atomic E-state index is 10.8. The first-order valence-corrected chi connectivity index (χ1v) is 5.57. The number of carboxylic acid groups (broad SMARTS) is 1. The molecule has 0 aliphatic rings. The summed E-state index contributed by atoms with van der Waals surface area (Å²) in [5.74, 6) is -0.462. The van der Waals surface area contributed by atoms with Gasteiger partial charge in [0.15, 0.2) is 0 Å². The van der Waals surface area contributed by atoms with Crippen molar-refractivity contribution in [3.8, 4) is 11.8 Å². The third kappa shape index (κ3) is 2.72. The van der Waals surface area contributed by atoms with Gasteiger partial charge in [0, 0.05) is 0 Å². The second-order valence-corrected chi connectivity index (χ2v) is 3.95. The van der Waals surface area contributed by atoms with Gasteiger partial charge in [0.1, 0.15) is 17.4 Å². The lowest BCUT2D eigenvalue weighted by atomic mass is 10.0.